The van der Waals surface area contributed by atoms with Crippen molar-refractivity contribution in [2.75, 3.05) is 19.7 Å². The summed E-state index contributed by atoms with van der Waals surface area (Å²) < 4.78 is 6.73. The number of rotatable bonds is 7. The van der Waals surface area contributed by atoms with Gasteiger partial charge in [-0.25, -0.2) is 4.79 Å². The van der Waals surface area contributed by atoms with Gasteiger partial charge in [0.25, 0.3) is 0 Å². The summed E-state index contributed by atoms with van der Waals surface area (Å²) in [6.07, 6.45) is 1.64. The summed E-state index contributed by atoms with van der Waals surface area (Å²) in [5.41, 5.74) is 9.86. The van der Waals surface area contributed by atoms with Crippen molar-refractivity contribution in [2.45, 2.75) is 19.9 Å². The van der Waals surface area contributed by atoms with Gasteiger partial charge in [-0.15, -0.1) is 0 Å². The number of hydrogen-bond donors (Lipinski definition) is 1. The first-order chi connectivity index (χ1) is 9.11. The van der Waals surface area contributed by atoms with Crippen LogP contribution in [0.2, 0.25) is 0 Å². The van der Waals surface area contributed by atoms with Gasteiger partial charge in [0, 0.05) is 36.3 Å². The summed E-state index contributed by atoms with van der Waals surface area (Å²) in [4.78, 5) is 14.6. The molecule has 0 bridgehead atoms. The second-order valence-corrected chi connectivity index (χ2v) is 3.90. The molecule has 104 valence electrons. The smallest absolute Gasteiger partial charge is 0.327 e. The first-order valence-electron chi connectivity index (χ1n) is 6.01. The molecular weight excluding hydrogens is 248 g/mol. The van der Waals surface area contributed by atoms with Gasteiger partial charge >= 0.3 is 5.97 Å². The van der Waals surface area contributed by atoms with Crippen molar-refractivity contribution in [1.82, 2.24) is 15.1 Å². The van der Waals surface area contributed by atoms with Crippen LogP contribution in [-0.2, 0) is 16.6 Å². The Morgan fingerprint density at radius 1 is 1.74 bits per heavy atom. The molecule has 8 nitrogen and oxygen atoms in total. The minimum Gasteiger partial charge on any atom is -0.465 e. The Balaban J connectivity index is 2.82. The Kier molecular flexibility index (Phi) is 5.84. The van der Waals surface area contributed by atoms with Crippen LogP contribution in [0, 0.1) is 6.92 Å². The van der Waals surface area contributed by atoms with Gasteiger partial charge < -0.3 is 10.1 Å². The molecule has 1 rings (SSSR count). The van der Waals surface area contributed by atoms with E-state index in [0.29, 0.717) is 13.2 Å². The van der Waals surface area contributed by atoms with Gasteiger partial charge in [0.05, 0.1) is 12.8 Å². The van der Waals surface area contributed by atoms with Crippen LogP contribution in [0.15, 0.2) is 11.3 Å². The molecule has 1 aromatic rings. The Labute approximate surface area is 111 Å². The Hall–Kier alpha value is -2.05. The fourth-order valence-electron chi connectivity index (χ4n) is 1.65. The van der Waals surface area contributed by atoms with Crippen LogP contribution in [0.4, 0.5) is 0 Å². The fraction of sp³-hybridized carbons (Fsp3) is 0.636. The van der Waals surface area contributed by atoms with E-state index in [1.165, 1.54) is 0 Å². The molecular formula is C11H18N6O2. The number of aryl methyl sites for hydroxylation is 1. The topological polar surface area (TPSA) is 105 Å². The van der Waals surface area contributed by atoms with E-state index in [4.69, 9.17) is 10.3 Å². The number of azide groups is 1. The van der Waals surface area contributed by atoms with Crippen molar-refractivity contribution >= 4 is 5.97 Å². The molecule has 0 amide bonds. The molecule has 1 heterocycles. The maximum Gasteiger partial charge on any atom is 0.327 e. The average molecular weight is 266 g/mol. The number of esters is 1. The molecule has 0 spiro atoms. The lowest BCUT2D eigenvalue weighted by Gasteiger charge is -2.16. The molecule has 8 heteroatoms. The van der Waals surface area contributed by atoms with Gasteiger partial charge in [-0.1, -0.05) is 5.11 Å². The van der Waals surface area contributed by atoms with Gasteiger partial charge in [0.15, 0.2) is 0 Å². The highest BCUT2D eigenvalue weighted by molar-refractivity contribution is 5.77. The van der Waals surface area contributed by atoms with E-state index in [1.54, 1.807) is 24.9 Å². The number of aromatic nitrogens is 2. The maximum atomic E-state index is 11.9. The predicted molar refractivity (Wildman–Crippen MR) is 69.3 cm³/mol. The molecule has 0 aliphatic carbocycles. The first kappa shape index (κ1) is 15.0. The van der Waals surface area contributed by atoms with E-state index in [-0.39, 0.29) is 12.5 Å². The number of ether oxygens (including phenoxy) is 1. The number of carbonyl (C=O) groups excluding carboxylic acids is 1. The molecule has 0 aliphatic rings. The maximum absolute atomic E-state index is 11.9. The lowest BCUT2D eigenvalue weighted by Crippen LogP contribution is -2.32. The summed E-state index contributed by atoms with van der Waals surface area (Å²) in [7, 11) is 1.81. The highest BCUT2D eigenvalue weighted by atomic mass is 16.5. The molecule has 1 unspecified atom stereocenters. The number of nitrogens with one attached hydrogen (secondary N) is 1. The Bertz CT molecular complexity index is 478. The van der Waals surface area contributed by atoms with E-state index in [2.05, 4.69) is 20.4 Å². The number of carbonyl (C=O) groups is 1. The van der Waals surface area contributed by atoms with Crippen molar-refractivity contribution < 1.29 is 9.53 Å². The Morgan fingerprint density at radius 2 is 2.47 bits per heavy atom. The standard InChI is InChI=1S/C11H18N6O2/c1-4-19-11(18)10(13-5-6-14-16-12)9-7-15-17(3)8(9)2/h7,10,13H,4-6H2,1-3H3. The molecule has 1 N–H and O–H groups in total. The SMILES string of the molecule is CCOC(=O)C(NCCN=[N+]=[N-])c1cnn(C)c1C. The van der Waals surface area contributed by atoms with E-state index >= 15 is 0 Å². The van der Waals surface area contributed by atoms with E-state index in [1.807, 2.05) is 6.92 Å². The number of nitrogens with zero attached hydrogens (tertiary/aromatic N) is 5. The van der Waals surface area contributed by atoms with Gasteiger partial charge in [0.2, 0.25) is 0 Å². The largest absolute Gasteiger partial charge is 0.465 e. The van der Waals surface area contributed by atoms with Crippen LogP contribution in [0.1, 0.15) is 24.2 Å². The van der Waals surface area contributed by atoms with Gasteiger partial charge in [-0.3, -0.25) is 4.68 Å². The zero-order valence-corrected chi connectivity index (χ0v) is 11.3. The second kappa shape index (κ2) is 7.40. The molecule has 1 atom stereocenters. The molecule has 0 saturated heterocycles. The van der Waals surface area contributed by atoms with Crippen LogP contribution in [0.25, 0.3) is 10.4 Å². The van der Waals surface area contributed by atoms with Gasteiger partial charge in [-0.05, 0) is 19.4 Å². The van der Waals surface area contributed by atoms with Crippen LogP contribution in [-0.4, -0.2) is 35.4 Å². The quantitative estimate of drug-likeness (QED) is 0.263. The normalized spacial score (nSPS) is 11.7. The minimum atomic E-state index is -0.595. The number of hydrogen-bond acceptors (Lipinski definition) is 5. The van der Waals surface area contributed by atoms with Crippen molar-refractivity contribution in [3.05, 3.63) is 27.9 Å². The van der Waals surface area contributed by atoms with Crippen LogP contribution >= 0.6 is 0 Å². The minimum absolute atomic E-state index is 0.270. The van der Waals surface area contributed by atoms with E-state index < -0.39 is 6.04 Å². The monoisotopic (exact) mass is 266 g/mol. The van der Waals surface area contributed by atoms with Gasteiger partial charge in [-0.2, -0.15) is 5.10 Å². The zero-order valence-electron chi connectivity index (χ0n) is 11.3. The molecule has 19 heavy (non-hydrogen) atoms. The molecule has 0 aliphatic heterocycles. The third-order valence-electron chi connectivity index (χ3n) is 2.73. The predicted octanol–water partition coefficient (Wildman–Crippen LogP) is 1.23. The highest BCUT2D eigenvalue weighted by Gasteiger charge is 2.24. The summed E-state index contributed by atoms with van der Waals surface area (Å²) in [6.45, 7) is 4.61. The molecule has 0 radical (unpaired) electrons. The second-order valence-electron chi connectivity index (χ2n) is 3.90. The summed E-state index contributed by atoms with van der Waals surface area (Å²) in [6, 6.07) is -0.595. The van der Waals surface area contributed by atoms with Crippen molar-refractivity contribution in [3.8, 4) is 0 Å². The van der Waals surface area contributed by atoms with E-state index in [0.717, 1.165) is 11.3 Å². The van der Waals surface area contributed by atoms with Crippen LogP contribution in [0.3, 0.4) is 0 Å². The Morgan fingerprint density at radius 3 is 3.00 bits per heavy atom. The first-order valence-corrected chi connectivity index (χ1v) is 6.01. The molecule has 0 saturated carbocycles. The van der Waals surface area contributed by atoms with E-state index in [9.17, 15) is 4.79 Å². The molecule has 0 fully saturated rings. The lowest BCUT2D eigenvalue weighted by atomic mass is 10.1. The summed E-state index contributed by atoms with van der Waals surface area (Å²) in [5.74, 6) is -0.362. The molecule has 1 aromatic heterocycles. The third-order valence-corrected chi connectivity index (χ3v) is 2.73. The third kappa shape index (κ3) is 3.97. The van der Waals surface area contributed by atoms with Crippen molar-refractivity contribution in [2.24, 2.45) is 12.2 Å². The molecule has 0 aromatic carbocycles. The van der Waals surface area contributed by atoms with Crippen molar-refractivity contribution in [1.29, 1.82) is 0 Å². The lowest BCUT2D eigenvalue weighted by molar-refractivity contribution is -0.145. The summed E-state index contributed by atoms with van der Waals surface area (Å²) >= 11 is 0. The van der Waals surface area contributed by atoms with Gasteiger partial charge in [0.1, 0.15) is 6.04 Å². The summed E-state index contributed by atoms with van der Waals surface area (Å²) in [5, 5.41) is 10.5. The fourth-order valence-corrected chi connectivity index (χ4v) is 1.65. The zero-order chi connectivity index (χ0) is 14.3. The van der Waals surface area contributed by atoms with Crippen LogP contribution < -0.4 is 5.32 Å². The van der Waals surface area contributed by atoms with Crippen LogP contribution in [0.5, 0.6) is 0 Å². The average Bonchev–Trinajstić information content (AvgIpc) is 2.71. The highest BCUT2D eigenvalue weighted by Crippen LogP contribution is 2.18. The van der Waals surface area contributed by atoms with Crippen molar-refractivity contribution in [3.63, 3.8) is 0 Å².